The standard InChI is InChI=1S/C10H12N6O2S/c1-3-8-13-14-10(15(8)11)19-9-6(2)4-7(5-12-9)16(17)18/h4-5H,3,11H2,1-2H3. The number of hydrogen-bond acceptors (Lipinski definition) is 7. The summed E-state index contributed by atoms with van der Waals surface area (Å²) in [6.07, 6.45) is 1.89. The molecule has 0 saturated heterocycles. The van der Waals surface area contributed by atoms with Gasteiger partial charge in [-0.1, -0.05) is 6.92 Å². The first-order valence-corrected chi connectivity index (χ1v) is 6.32. The Morgan fingerprint density at radius 1 is 1.53 bits per heavy atom. The molecule has 0 amide bonds. The summed E-state index contributed by atoms with van der Waals surface area (Å²) in [7, 11) is 0. The van der Waals surface area contributed by atoms with Gasteiger partial charge in [-0.25, -0.2) is 9.66 Å². The van der Waals surface area contributed by atoms with E-state index in [9.17, 15) is 10.1 Å². The minimum Gasteiger partial charge on any atom is -0.336 e. The topological polar surface area (TPSA) is 113 Å². The number of nitrogens with zero attached hydrogens (tertiary/aromatic N) is 5. The molecule has 2 aromatic rings. The quantitative estimate of drug-likeness (QED) is 0.510. The van der Waals surface area contributed by atoms with Gasteiger partial charge in [-0.05, 0) is 24.2 Å². The minimum absolute atomic E-state index is 0.0367. The van der Waals surface area contributed by atoms with E-state index in [-0.39, 0.29) is 5.69 Å². The molecule has 2 heterocycles. The van der Waals surface area contributed by atoms with E-state index in [0.29, 0.717) is 28.0 Å². The monoisotopic (exact) mass is 280 g/mol. The predicted molar refractivity (Wildman–Crippen MR) is 69.3 cm³/mol. The number of nitro groups is 1. The highest BCUT2D eigenvalue weighted by Gasteiger charge is 2.14. The summed E-state index contributed by atoms with van der Waals surface area (Å²) in [6.45, 7) is 3.68. The van der Waals surface area contributed by atoms with E-state index in [1.807, 2.05) is 6.92 Å². The Morgan fingerprint density at radius 2 is 2.26 bits per heavy atom. The van der Waals surface area contributed by atoms with Gasteiger partial charge in [-0.3, -0.25) is 10.1 Å². The molecule has 8 nitrogen and oxygen atoms in total. The number of nitrogen functional groups attached to an aromatic ring is 1. The van der Waals surface area contributed by atoms with Gasteiger partial charge in [0.1, 0.15) is 11.2 Å². The molecule has 100 valence electrons. The van der Waals surface area contributed by atoms with Crippen molar-refractivity contribution >= 4 is 17.4 Å². The lowest BCUT2D eigenvalue weighted by Gasteiger charge is -2.04. The first kappa shape index (κ1) is 13.3. The highest BCUT2D eigenvalue weighted by Crippen LogP contribution is 2.28. The van der Waals surface area contributed by atoms with E-state index in [0.717, 1.165) is 0 Å². The Hall–Kier alpha value is -2.16. The Kier molecular flexibility index (Phi) is 3.65. The average molecular weight is 280 g/mol. The van der Waals surface area contributed by atoms with Gasteiger partial charge in [-0.2, -0.15) is 0 Å². The maximum atomic E-state index is 10.6. The maximum Gasteiger partial charge on any atom is 0.287 e. The van der Waals surface area contributed by atoms with Crippen LogP contribution in [0.25, 0.3) is 0 Å². The van der Waals surface area contributed by atoms with Crippen molar-refractivity contribution in [2.45, 2.75) is 30.5 Å². The van der Waals surface area contributed by atoms with E-state index >= 15 is 0 Å². The smallest absolute Gasteiger partial charge is 0.287 e. The summed E-state index contributed by atoms with van der Waals surface area (Å²) < 4.78 is 1.40. The maximum absolute atomic E-state index is 10.6. The van der Waals surface area contributed by atoms with Crippen LogP contribution in [0.2, 0.25) is 0 Å². The van der Waals surface area contributed by atoms with Crippen LogP contribution in [0, 0.1) is 17.0 Å². The molecule has 0 unspecified atom stereocenters. The van der Waals surface area contributed by atoms with Crippen molar-refractivity contribution in [3.63, 3.8) is 0 Å². The Morgan fingerprint density at radius 3 is 2.79 bits per heavy atom. The van der Waals surface area contributed by atoms with Gasteiger partial charge in [0, 0.05) is 12.5 Å². The molecular weight excluding hydrogens is 268 g/mol. The highest BCUT2D eigenvalue weighted by molar-refractivity contribution is 7.99. The number of aromatic nitrogens is 4. The molecule has 0 aliphatic rings. The largest absolute Gasteiger partial charge is 0.336 e. The molecule has 0 aliphatic carbocycles. The molecule has 0 fully saturated rings. The zero-order valence-corrected chi connectivity index (χ0v) is 11.2. The molecule has 9 heteroatoms. The second kappa shape index (κ2) is 5.22. The number of aryl methyl sites for hydroxylation is 2. The van der Waals surface area contributed by atoms with Gasteiger partial charge in [0.2, 0.25) is 5.16 Å². The number of rotatable bonds is 4. The summed E-state index contributed by atoms with van der Waals surface area (Å²) in [5, 5.41) is 19.6. The van der Waals surface area contributed by atoms with Crippen LogP contribution in [0.1, 0.15) is 18.3 Å². The first-order chi connectivity index (χ1) is 9.02. The second-order valence-electron chi connectivity index (χ2n) is 3.80. The number of pyridine rings is 1. The third-order valence-electron chi connectivity index (χ3n) is 2.47. The van der Waals surface area contributed by atoms with Crippen molar-refractivity contribution in [1.29, 1.82) is 0 Å². The number of hydrogen-bond donors (Lipinski definition) is 1. The molecule has 0 saturated carbocycles. The van der Waals surface area contributed by atoms with Gasteiger partial charge in [0.15, 0.2) is 5.82 Å². The van der Waals surface area contributed by atoms with E-state index < -0.39 is 4.92 Å². The zero-order valence-electron chi connectivity index (χ0n) is 10.4. The van der Waals surface area contributed by atoms with Crippen molar-refractivity contribution in [1.82, 2.24) is 19.9 Å². The molecule has 19 heavy (non-hydrogen) atoms. The molecule has 0 aromatic carbocycles. The average Bonchev–Trinajstić information content (AvgIpc) is 2.72. The molecule has 2 rings (SSSR count). The molecule has 0 bridgehead atoms. The second-order valence-corrected chi connectivity index (χ2v) is 4.75. The lowest BCUT2D eigenvalue weighted by atomic mass is 10.3. The van der Waals surface area contributed by atoms with Crippen LogP contribution in [0.15, 0.2) is 22.4 Å². The lowest BCUT2D eigenvalue weighted by molar-refractivity contribution is -0.385. The van der Waals surface area contributed by atoms with Crippen molar-refractivity contribution < 1.29 is 4.92 Å². The van der Waals surface area contributed by atoms with Crippen LogP contribution in [0.4, 0.5) is 5.69 Å². The van der Waals surface area contributed by atoms with Crippen LogP contribution >= 0.6 is 11.8 Å². The third-order valence-corrected chi connectivity index (χ3v) is 3.55. The van der Waals surface area contributed by atoms with Crippen molar-refractivity contribution in [2.75, 3.05) is 5.84 Å². The Bertz CT molecular complexity index is 626. The summed E-state index contributed by atoms with van der Waals surface area (Å²) in [5.74, 6) is 6.49. The minimum atomic E-state index is -0.477. The van der Waals surface area contributed by atoms with Gasteiger partial charge >= 0.3 is 0 Å². The number of nitrogens with two attached hydrogens (primary N) is 1. The van der Waals surface area contributed by atoms with Gasteiger partial charge in [0.05, 0.1) is 4.92 Å². The molecule has 0 aliphatic heterocycles. The van der Waals surface area contributed by atoms with Crippen LogP contribution in [0.3, 0.4) is 0 Å². The van der Waals surface area contributed by atoms with Crippen molar-refractivity contribution in [3.05, 3.63) is 33.8 Å². The highest BCUT2D eigenvalue weighted by atomic mass is 32.2. The first-order valence-electron chi connectivity index (χ1n) is 5.51. The van der Waals surface area contributed by atoms with Crippen molar-refractivity contribution in [3.8, 4) is 0 Å². The van der Waals surface area contributed by atoms with E-state index in [1.165, 1.54) is 28.7 Å². The predicted octanol–water partition coefficient (Wildman–Crippen LogP) is 1.32. The Balaban J connectivity index is 2.28. The summed E-state index contributed by atoms with van der Waals surface area (Å²) >= 11 is 1.23. The SMILES string of the molecule is CCc1nnc(Sc2ncc([N+](=O)[O-])cc2C)n1N. The lowest BCUT2D eigenvalue weighted by Crippen LogP contribution is -2.13. The van der Waals surface area contributed by atoms with Gasteiger partial charge < -0.3 is 5.84 Å². The molecule has 2 aromatic heterocycles. The fraction of sp³-hybridized carbons (Fsp3) is 0.300. The molecule has 0 spiro atoms. The van der Waals surface area contributed by atoms with E-state index in [4.69, 9.17) is 5.84 Å². The Labute approximate surface area is 113 Å². The molecular formula is C10H12N6O2S. The van der Waals surface area contributed by atoms with Gasteiger partial charge in [-0.15, -0.1) is 10.2 Å². The summed E-state index contributed by atoms with van der Waals surface area (Å²) in [6, 6.07) is 1.47. The summed E-state index contributed by atoms with van der Waals surface area (Å²) in [4.78, 5) is 14.2. The van der Waals surface area contributed by atoms with E-state index in [2.05, 4.69) is 15.2 Å². The zero-order chi connectivity index (χ0) is 14.0. The fourth-order valence-corrected chi connectivity index (χ4v) is 2.24. The molecule has 0 atom stereocenters. The molecule has 2 N–H and O–H groups in total. The fourth-order valence-electron chi connectivity index (χ4n) is 1.46. The normalized spacial score (nSPS) is 10.6. The van der Waals surface area contributed by atoms with Crippen molar-refractivity contribution in [2.24, 2.45) is 0 Å². The van der Waals surface area contributed by atoms with Crippen LogP contribution in [-0.4, -0.2) is 24.8 Å². The van der Waals surface area contributed by atoms with E-state index in [1.54, 1.807) is 6.92 Å². The third kappa shape index (κ3) is 2.65. The van der Waals surface area contributed by atoms with Crippen LogP contribution < -0.4 is 5.84 Å². The summed E-state index contributed by atoms with van der Waals surface area (Å²) in [5.41, 5.74) is 0.658. The van der Waals surface area contributed by atoms with Crippen LogP contribution in [0.5, 0.6) is 0 Å². The van der Waals surface area contributed by atoms with Gasteiger partial charge in [0.25, 0.3) is 5.69 Å². The molecule has 0 radical (unpaired) electrons. The van der Waals surface area contributed by atoms with Crippen LogP contribution in [-0.2, 0) is 6.42 Å².